The summed E-state index contributed by atoms with van der Waals surface area (Å²) in [5.74, 6) is -0.00757. The molecule has 248 valence electrons. The Bertz CT molecular complexity index is 1620. The lowest BCUT2D eigenvalue weighted by atomic mass is 10.0. The van der Waals surface area contributed by atoms with Crippen molar-refractivity contribution < 1.29 is 37.3 Å². The molecule has 4 heterocycles. The zero-order valence-corrected chi connectivity index (χ0v) is 25.3. The van der Waals surface area contributed by atoms with E-state index in [9.17, 15) is 23.2 Å². The average Bonchev–Trinajstić information content (AvgIpc) is 3.05. The van der Waals surface area contributed by atoms with Crippen molar-refractivity contribution in [3.05, 3.63) is 48.3 Å². The molecule has 16 heteroatoms. The molecule has 3 fully saturated rings. The Morgan fingerprint density at radius 2 is 1.91 bits per heavy atom. The van der Waals surface area contributed by atoms with E-state index in [1.165, 1.54) is 29.4 Å². The maximum absolute atomic E-state index is 14.8. The van der Waals surface area contributed by atoms with Gasteiger partial charge in [0.25, 0.3) is 0 Å². The first-order valence-corrected chi connectivity index (χ1v) is 15.2. The minimum atomic E-state index is -3.01. The topological polar surface area (TPSA) is 149 Å². The lowest BCUT2D eigenvalue weighted by Crippen LogP contribution is -2.56. The molecule has 0 spiro atoms. The average molecular weight is 655 g/mol. The number of halogens is 3. The summed E-state index contributed by atoms with van der Waals surface area (Å²) in [6.07, 6.45) is -0.907. The number of carbonyl (C=O) groups is 1. The number of nitrogens with one attached hydrogen (secondary N) is 1. The molecule has 2 atom stereocenters. The molecule has 0 bridgehead atoms. The van der Waals surface area contributed by atoms with Gasteiger partial charge in [-0.2, -0.15) is 19.0 Å². The third kappa shape index (κ3) is 7.48. The highest BCUT2D eigenvalue weighted by Gasteiger charge is 2.33. The van der Waals surface area contributed by atoms with Crippen LogP contribution in [0.4, 0.5) is 30.5 Å². The van der Waals surface area contributed by atoms with Crippen LogP contribution in [0.5, 0.6) is 11.5 Å². The molecule has 0 saturated carbocycles. The summed E-state index contributed by atoms with van der Waals surface area (Å²) in [4.78, 5) is 30.1. The Labute approximate surface area is 268 Å². The number of alkyl halides is 3. The highest BCUT2D eigenvalue weighted by molar-refractivity contribution is 5.77. The number of nitrogens with zero attached hydrogens (tertiary/aromatic N) is 7. The van der Waals surface area contributed by atoms with Gasteiger partial charge in [0.2, 0.25) is 11.9 Å². The van der Waals surface area contributed by atoms with Gasteiger partial charge in [0, 0.05) is 56.5 Å². The number of hydrogen-bond acceptors (Lipinski definition) is 12. The standard InChI is InChI=1S/C31H33F3N8O5/c32-23-14-42(28(44)15-43)6-5-26(23)46-25-4-1-19(11-20(25)13-35)29-36-18-37-31(39-29)38-21-2-3-24(27(12-21)47-30(33)34)41-9-7-40(8-10-41)22-16-45-17-22/h1-4,11-12,18,22-23,26,30,43H,5-10,14-17H2,(H,36,37,38,39)/t23-,26-/m0/s1. The number of nitriles is 1. The Kier molecular flexibility index (Phi) is 9.85. The summed E-state index contributed by atoms with van der Waals surface area (Å²) in [7, 11) is 0. The van der Waals surface area contributed by atoms with Crippen LogP contribution in [0.3, 0.4) is 0 Å². The Morgan fingerprint density at radius 1 is 1.11 bits per heavy atom. The van der Waals surface area contributed by atoms with E-state index in [0.717, 1.165) is 26.3 Å². The number of aromatic nitrogens is 3. The van der Waals surface area contributed by atoms with Crippen LogP contribution in [0.1, 0.15) is 12.0 Å². The summed E-state index contributed by atoms with van der Waals surface area (Å²) < 4.78 is 57.6. The molecule has 6 rings (SSSR count). The molecule has 1 aromatic heterocycles. The Hall–Kier alpha value is -4.72. The molecule has 3 aliphatic rings. The van der Waals surface area contributed by atoms with Gasteiger partial charge in [-0.3, -0.25) is 9.69 Å². The fourth-order valence-electron chi connectivity index (χ4n) is 5.80. The quantitative estimate of drug-likeness (QED) is 0.331. The van der Waals surface area contributed by atoms with E-state index < -0.39 is 31.4 Å². The van der Waals surface area contributed by atoms with Crippen molar-refractivity contribution in [2.75, 3.05) is 69.3 Å². The number of aliphatic hydroxyl groups excluding tert-OH is 1. The normalized spacial score (nSPS) is 20.4. The van der Waals surface area contributed by atoms with Crippen molar-refractivity contribution in [2.24, 2.45) is 0 Å². The van der Waals surface area contributed by atoms with Crippen LogP contribution in [0.25, 0.3) is 11.4 Å². The monoisotopic (exact) mass is 654 g/mol. The predicted octanol–water partition coefficient (Wildman–Crippen LogP) is 2.59. The van der Waals surface area contributed by atoms with Gasteiger partial charge >= 0.3 is 6.61 Å². The van der Waals surface area contributed by atoms with Gasteiger partial charge in [0.05, 0.1) is 37.1 Å². The van der Waals surface area contributed by atoms with Crippen LogP contribution in [0, 0.1) is 11.3 Å². The number of piperidine rings is 1. The summed E-state index contributed by atoms with van der Waals surface area (Å²) in [5, 5.41) is 21.8. The maximum Gasteiger partial charge on any atom is 0.387 e. The second-order valence-corrected chi connectivity index (χ2v) is 11.3. The van der Waals surface area contributed by atoms with Crippen LogP contribution in [0.2, 0.25) is 0 Å². The van der Waals surface area contributed by atoms with Crippen LogP contribution in [-0.2, 0) is 9.53 Å². The number of likely N-dealkylation sites (tertiary alicyclic amines) is 1. The third-order valence-electron chi connectivity index (χ3n) is 8.40. The van der Waals surface area contributed by atoms with Gasteiger partial charge in [0.1, 0.15) is 30.9 Å². The number of piperazine rings is 1. The highest BCUT2D eigenvalue weighted by atomic mass is 19.3. The number of anilines is 3. The lowest BCUT2D eigenvalue weighted by Gasteiger charge is -2.43. The van der Waals surface area contributed by atoms with E-state index in [2.05, 4.69) is 25.2 Å². The predicted molar refractivity (Wildman–Crippen MR) is 162 cm³/mol. The molecule has 2 N–H and O–H groups in total. The highest BCUT2D eigenvalue weighted by Crippen LogP contribution is 2.35. The zero-order valence-electron chi connectivity index (χ0n) is 25.3. The van der Waals surface area contributed by atoms with E-state index >= 15 is 0 Å². The first-order valence-electron chi connectivity index (χ1n) is 15.2. The minimum Gasteiger partial charge on any atom is -0.486 e. The molecule has 2 aromatic carbocycles. The summed E-state index contributed by atoms with van der Waals surface area (Å²) in [6, 6.07) is 12.0. The Morgan fingerprint density at radius 3 is 2.60 bits per heavy atom. The number of aliphatic hydroxyl groups is 1. The Balaban J connectivity index is 1.14. The van der Waals surface area contributed by atoms with Crippen LogP contribution >= 0.6 is 0 Å². The van der Waals surface area contributed by atoms with Crippen molar-refractivity contribution >= 4 is 23.2 Å². The van der Waals surface area contributed by atoms with E-state index in [-0.39, 0.29) is 48.3 Å². The first kappa shape index (κ1) is 32.2. The molecule has 3 aliphatic heterocycles. The molecule has 1 amide bonds. The molecular weight excluding hydrogens is 621 g/mol. The molecule has 0 aliphatic carbocycles. The van der Waals surface area contributed by atoms with Crippen molar-refractivity contribution in [1.29, 1.82) is 5.26 Å². The first-order chi connectivity index (χ1) is 22.8. The van der Waals surface area contributed by atoms with Gasteiger partial charge in [0.15, 0.2) is 17.7 Å². The fourth-order valence-corrected chi connectivity index (χ4v) is 5.80. The zero-order chi connectivity index (χ0) is 32.9. The second kappa shape index (κ2) is 14.4. The molecule has 3 saturated heterocycles. The number of amides is 1. The molecular formula is C31H33F3N8O5. The van der Waals surface area contributed by atoms with Gasteiger partial charge in [-0.15, -0.1) is 0 Å². The van der Waals surface area contributed by atoms with E-state index in [1.54, 1.807) is 18.2 Å². The van der Waals surface area contributed by atoms with E-state index in [1.807, 2.05) is 11.0 Å². The third-order valence-corrected chi connectivity index (χ3v) is 8.40. The molecule has 3 aromatic rings. The van der Waals surface area contributed by atoms with Crippen molar-refractivity contribution in [3.8, 4) is 29.0 Å². The van der Waals surface area contributed by atoms with Crippen LogP contribution < -0.4 is 19.7 Å². The van der Waals surface area contributed by atoms with Gasteiger partial charge in [-0.05, 0) is 30.3 Å². The second-order valence-electron chi connectivity index (χ2n) is 11.3. The number of hydrogen-bond donors (Lipinski definition) is 2. The van der Waals surface area contributed by atoms with Crippen LogP contribution in [0.15, 0.2) is 42.7 Å². The smallest absolute Gasteiger partial charge is 0.387 e. The number of benzene rings is 2. The minimum absolute atomic E-state index is 0.0233. The summed E-state index contributed by atoms with van der Waals surface area (Å²) in [5.41, 5.74) is 1.57. The lowest BCUT2D eigenvalue weighted by molar-refractivity contribution is -0.138. The van der Waals surface area contributed by atoms with E-state index in [4.69, 9.17) is 19.3 Å². The summed E-state index contributed by atoms with van der Waals surface area (Å²) in [6.45, 7) is 0.644. The fraction of sp³-hybridized carbons (Fsp3) is 0.452. The van der Waals surface area contributed by atoms with Gasteiger partial charge in [-0.1, -0.05) is 0 Å². The maximum atomic E-state index is 14.8. The number of ether oxygens (including phenoxy) is 3. The number of rotatable bonds is 10. The van der Waals surface area contributed by atoms with Crippen molar-refractivity contribution in [3.63, 3.8) is 0 Å². The largest absolute Gasteiger partial charge is 0.486 e. The van der Waals surface area contributed by atoms with Crippen molar-refractivity contribution in [1.82, 2.24) is 24.8 Å². The SMILES string of the molecule is N#Cc1cc(-c2ncnc(Nc3ccc(N4CCN(C5COC5)CC4)c(OC(F)F)c3)n2)ccc1O[C@H]1CCN(C(=O)CO)C[C@@H]1F. The van der Waals surface area contributed by atoms with Crippen molar-refractivity contribution in [2.45, 2.75) is 31.3 Å². The van der Waals surface area contributed by atoms with E-state index in [0.29, 0.717) is 36.1 Å². The van der Waals surface area contributed by atoms with Gasteiger partial charge < -0.3 is 34.4 Å². The van der Waals surface area contributed by atoms with Gasteiger partial charge in [-0.25, -0.2) is 14.4 Å². The molecule has 0 radical (unpaired) electrons. The molecule has 0 unspecified atom stereocenters. The molecule has 13 nitrogen and oxygen atoms in total. The summed E-state index contributed by atoms with van der Waals surface area (Å²) >= 11 is 0. The van der Waals surface area contributed by atoms with Crippen LogP contribution in [-0.4, -0.2) is 120 Å². The number of carbonyl (C=O) groups excluding carboxylic acids is 1. The molecule has 47 heavy (non-hydrogen) atoms.